The van der Waals surface area contributed by atoms with Crippen LogP contribution in [0.5, 0.6) is 5.75 Å². The van der Waals surface area contributed by atoms with Crippen molar-refractivity contribution >= 4 is 0 Å². The SMILES string of the molecule is C=C/C(=C(\C=C/CN)Oc1ccc(F)cc1)C(F)(F)F. The number of alkyl halides is 3. The van der Waals surface area contributed by atoms with Crippen molar-refractivity contribution in [1.82, 2.24) is 0 Å². The Morgan fingerprint density at radius 2 is 1.85 bits per heavy atom. The third kappa shape index (κ3) is 4.55. The topological polar surface area (TPSA) is 35.2 Å². The summed E-state index contributed by atoms with van der Waals surface area (Å²) < 4.78 is 56.4. The number of ether oxygens (including phenoxy) is 1. The standard InChI is InChI=1S/C14H13F4NO/c1-2-12(14(16,17)18)13(4-3-9-19)20-11-7-5-10(15)6-8-11/h2-8H,1,9,19H2/b4-3-,13-12-. The van der Waals surface area contributed by atoms with E-state index in [2.05, 4.69) is 6.58 Å². The minimum absolute atomic E-state index is 0.0541. The number of rotatable bonds is 5. The number of nitrogens with two attached hydrogens (primary N) is 1. The number of hydrogen-bond donors (Lipinski definition) is 1. The fourth-order valence-electron chi connectivity index (χ4n) is 1.34. The van der Waals surface area contributed by atoms with E-state index in [4.69, 9.17) is 10.5 Å². The molecular weight excluding hydrogens is 274 g/mol. The molecule has 0 aliphatic carbocycles. The van der Waals surface area contributed by atoms with Gasteiger partial charge in [0, 0.05) is 6.54 Å². The molecule has 6 heteroatoms. The summed E-state index contributed by atoms with van der Waals surface area (Å²) in [6.07, 6.45) is -1.54. The average Bonchev–Trinajstić information content (AvgIpc) is 2.37. The molecule has 0 unspecified atom stereocenters. The van der Waals surface area contributed by atoms with Crippen molar-refractivity contribution in [2.75, 3.05) is 6.54 Å². The molecule has 1 rings (SSSR count). The highest BCUT2D eigenvalue weighted by atomic mass is 19.4. The van der Waals surface area contributed by atoms with Crippen molar-refractivity contribution in [2.45, 2.75) is 6.18 Å². The van der Waals surface area contributed by atoms with Gasteiger partial charge in [0.15, 0.2) is 0 Å². The monoisotopic (exact) mass is 287 g/mol. The van der Waals surface area contributed by atoms with Crippen LogP contribution in [-0.4, -0.2) is 12.7 Å². The lowest BCUT2D eigenvalue weighted by molar-refractivity contribution is -0.0901. The minimum Gasteiger partial charge on any atom is -0.457 e. The Morgan fingerprint density at radius 1 is 1.25 bits per heavy atom. The molecule has 0 saturated carbocycles. The Bertz CT molecular complexity index is 515. The molecule has 1 aromatic rings. The van der Waals surface area contributed by atoms with E-state index in [-0.39, 0.29) is 12.3 Å². The van der Waals surface area contributed by atoms with Crippen molar-refractivity contribution in [1.29, 1.82) is 0 Å². The molecular formula is C14H13F4NO. The molecule has 0 fully saturated rings. The Balaban J connectivity index is 3.18. The summed E-state index contributed by atoms with van der Waals surface area (Å²) in [5, 5.41) is 0. The molecule has 0 spiro atoms. The van der Waals surface area contributed by atoms with Gasteiger partial charge in [-0.2, -0.15) is 13.2 Å². The smallest absolute Gasteiger partial charge is 0.419 e. The van der Waals surface area contributed by atoms with Crippen molar-refractivity contribution in [2.24, 2.45) is 5.73 Å². The molecule has 0 atom stereocenters. The van der Waals surface area contributed by atoms with Gasteiger partial charge >= 0.3 is 6.18 Å². The van der Waals surface area contributed by atoms with Crippen LogP contribution in [0.15, 0.2) is 60.4 Å². The maximum atomic E-state index is 12.8. The predicted molar refractivity (Wildman–Crippen MR) is 68.5 cm³/mol. The summed E-state index contributed by atoms with van der Waals surface area (Å²) >= 11 is 0. The molecule has 20 heavy (non-hydrogen) atoms. The van der Waals surface area contributed by atoms with Gasteiger partial charge in [-0.1, -0.05) is 18.7 Å². The molecule has 0 aromatic heterocycles. The van der Waals surface area contributed by atoms with E-state index >= 15 is 0 Å². The molecule has 0 heterocycles. The molecule has 2 nitrogen and oxygen atoms in total. The summed E-state index contributed by atoms with van der Waals surface area (Å²) in [5.74, 6) is -0.892. The average molecular weight is 287 g/mol. The first-order chi connectivity index (χ1) is 9.38. The quantitative estimate of drug-likeness (QED) is 0.509. The summed E-state index contributed by atoms with van der Waals surface area (Å²) in [4.78, 5) is 0. The van der Waals surface area contributed by atoms with E-state index in [0.717, 1.165) is 18.2 Å². The lowest BCUT2D eigenvalue weighted by atomic mass is 10.2. The molecule has 2 N–H and O–H groups in total. The van der Waals surface area contributed by atoms with Crippen LogP contribution in [0.3, 0.4) is 0 Å². The van der Waals surface area contributed by atoms with Gasteiger partial charge in [0.2, 0.25) is 0 Å². The fourth-order valence-corrected chi connectivity index (χ4v) is 1.34. The van der Waals surface area contributed by atoms with Crippen LogP contribution in [0.25, 0.3) is 0 Å². The summed E-state index contributed by atoms with van der Waals surface area (Å²) in [5.41, 5.74) is 4.18. The highest BCUT2D eigenvalue weighted by Gasteiger charge is 2.34. The highest BCUT2D eigenvalue weighted by molar-refractivity contribution is 5.36. The van der Waals surface area contributed by atoms with E-state index in [1.165, 1.54) is 18.2 Å². The molecule has 0 radical (unpaired) electrons. The van der Waals surface area contributed by atoms with Crippen LogP contribution < -0.4 is 10.5 Å². The molecule has 108 valence electrons. The Hall–Kier alpha value is -2.08. The zero-order valence-corrected chi connectivity index (χ0v) is 10.5. The second-order valence-corrected chi connectivity index (χ2v) is 3.67. The molecule has 0 amide bonds. The van der Waals surface area contributed by atoms with E-state index in [1.54, 1.807) is 0 Å². The molecule has 0 aliphatic heterocycles. The zero-order chi connectivity index (χ0) is 15.2. The fraction of sp³-hybridized carbons (Fsp3) is 0.143. The van der Waals surface area contributed by atoms with Gasteiger partial charge in [0.05, 0.1) is 5.57 Å². The van der Waals surface area contributed by atoms with Gasteiger partial charge in [-0.25, -0.2) is 4.39 Å². The van der Waals surface area contributed by atoms with Crippen LogP contribution in [0, 0.1) is 5.82 Å². The lowest BCUT2D eigenvalue weighted by Gasteiger charge is -2.13. The van der Waals surface area contributed by atoms with E-state index in [9.17, 15) is 17.6 Å². The maximum Gasteiger partial charge on any atom is 0.419 e. The predicted octanol–water partition coefficient (Wildman–Crippen LogP) is 3.72. The van der Waals surface area contributed by atoms with Crippen molar-refractivity contribution in [3.8, 4) is 5.75 Å². The van der Waals surface area contributed by atoms with Gasteiger partial charge in [-0.05, 0) is 30.3 Å². The van der Waals surface area contributed by atoms with E-state index in [0.29, 0.717) is 6.08 Å². The van der Waals surface area contributed by atoms with Crippen molar-refractivity contribution in [3.63, 3.8) is 0 Å². The normalized spacial score (nSPS) is 13.2. The van der Waals surface area contributed by atoms with Gasteiger partial charge < -0.3 is 10.5 Å². The first kappa shape index (κ1) is 16.0. The van der Waals surface area contributed by atoms with Crippen LogP contribution in [0.1, 0.15) is 0 Å². The lowest BCUT2D eigenvalue weighted by Crippen LogP contribution is -2.14. The Kier molecular flexibility index (Phi) is 5.52. The zero-order valence-electron chi connectivity index (χ0n) is 10.5. The van der Waals surface area contributed by atoms with Crippen LogP contribution in [0.2, 0.25) is 0 Å². The van der Waals surface area contributed by atoms with E-state index < -0.39 is 23.3 Å². The van der Waals surface area contributed by atoms with Gasteiger partial charge in [0.25, 0.3) is 0 Å². The number of benzene rings is 1. The van der Waals surface area contributed by atoms with Crippen molar-refractivity contribution < 1.29 is 22.3 Å². The Labute approximate surface area is 113 Å². The third-order valence-corrected chi connectivity index (χ3v) is 2.22. The van der Waals surface area contributed by atoms with Crippen LogP contribution in [-0.2, 0) is 0 Å². The summed E-state index contributed by atoms with van der Waals surface area (Å²) in [6.45, 7) is 3.18. The van der Waals surface area contributed by atoms with Gasteiger partial charge in [-0.3, -0.25) is 0 Å². The third-order valence-electron chi connectivity index (χ3n) is 2.22. The largest absolute Gasteiger partial charge is 0.457 e. The van der Waals surface area contributed by atoms with Gasteiger partial charge in [-0.15, -0.1) is 0 Å². The molecule has 1 aromatic carbocycles. The number of halogens is 4. The molecule has 0 aliphatic rings. The van der Waals surface area contributed by atoms with Gasteiger partial charge in [0.1, 0.15) is 17.3 Å². The molecule has 0 saturated heterocycles. The molecule has 0 bridgehead atoms. The highest BCUT2D eigenvalue weighted by Crippen LogP contribution is 2.30. The second kappa shape index (κ2) is 6.91. The second-order valence-electron chi connectivity index (χ2n) is 3.67. The Morgan fingerprint density at radius 3 is 2.30 bits per heavy atom. The summed E-state index contributed by atoms with van der Waals surface area (Å²) in [7, 11) is 0. The number of allylic oxidation sites excluding steroid dienone is 3. The van der Waals surface area contributed by atoms with Crippen LogP contribution >= 0.6 is 0 Å². The maximum absolute atomic E-state index is 12.8. The number of hydrogen-bond acceptors (Lipinski definition) is 2. The first-order valence-corrected chi connectivity index (χ1v) is 5.62. The van der Waals surface area contributed by atoms with Crippen molar-refractivity contribution in [3.05, 3.63) is 66.2 Å². The summed E-state index contributed by atoms with van der Waals surface area (Å²) in [6, 6.07) is 4.62. The first-order valence-electron chi connectivity index (χ1n) is 5.62. The van der Waals surface area contributed by atoms with E-state index in [1.807, 2.05) is 0 Å². The van der Waals surface area contributed by atoms with Crippen LogP contribution in [0.4, 0.5) is 17.6 Å². The minimum atomic E-state index is -4.62.